The molecule has 1 aromatic rings. The standard InChI is InChI=1S/C22H37N5O2/c1-24-19-16-21(29-14-4-9-27-12-10-26(2)11-13-27)20(28-3)15-18(19)22(23)17-5-7-25-8-6-17/h15-17,23-25H,4-14H2,1-3H3. The van der Waals surface area contributed by atoms with Crippen molar-refractivity contribution in [2.45, 2.75) is 19.3 Å². The summed E-state index contributed by atoms with van der Waals surface area (Å²) in [6, 6.07) is 3.95. The van der Waals surface area contributed by atoms with Crippen molar-refractivity contribution in [3.63, 3.8) is 0 Å². The summed E-state index contributed by atoms with van der Waals surface area (Å²) in [7, 11) is 5.75. The largest absolute Gasteiger partial charge is 0.493 e. The van der Waals surface area contributed by atoms with Gasteiger partial charge in [-0.1, -0.05) is 0 Å². The van der Waals surface area contributed by atoms with Gasteiger partial charge in [0, 0.05) is 68.7 Å². The Morgan fingerprint density at radius 2 is 1.90 bits per heavy atom. The van der Waals surface area contributed by atoms with E-state index in [2.05, 4.69) is 27.5 Å². The van der Waals surface area contributed by atoms with Crippen LogP contribution in [0.15, 0.2) is 12.1 Å². The molecular weight excluding hydrogens is 366 g/mol. The second kappa shape index (κ2) is 10.8. The highest BCUT2D eigenvalue weighted by molar-refractivity contribution is 6.05. The molecule has 0 unspecified atom stereocenters. The normalized spacial score (nSPS) is 19.1. The maximum atomic E-state index is 8.73. The summed E-state index contributed by atoms with van der Waals surface area (Å²) >= 11 is 0. The molecule has 29 heavy (non-hydrogen) atoms. The lowest BCUT2D eigenvalue weighted by Crippen LogP contribution is -2.44. The van der Waals surface area contributed by atoms with Crippen molar-refractivity contribution in [3.8, 4) is 11.5 Å². The van der Waals surface area contributed by atoms with Gasteiger partial charge in [0.25, 0.3) is 0 Å². The van der Waals surface area contributed by atoms with E-state index in [4.69, 9.17) is 14.9 Å². The molecule has 2 saturated heterocycles. The number of hydrogen-bond donors (Lipinski definition) is 3. The number of piperazine rings is 1. The molecule has 2 fully saturated rings. The van der Waals surface area contributed by atoms with Gasteiger partial charge in [0.2, 0.25) is 0 Å². The molecule has 1 aromatic carbocycles. The van der Waals surface area contributed by atoms with E-state index >= 15 is 0 Å². The number of methoxy groups -OCH3 is 1. The van der Waals surface area contributed by atoms with Crippen molar-refractivity contribution in [1.29, 1.82) is 5.41 Å². The first-order chi connectivity index (χ1) is 14.1. The molecule has 2 aliphatic rings. The fourth-order valence-corrected chi connectivity index (χ4v) is 4.13. The molecule has 3 N–H and O–H groups in total. The lowest BCUT2D eigenvalue weighted by molar-refractivity contribution is 0.145. The quantitative estimate of drug-likeness (QED) is 0.433. The van der Waals surface area contributed by atoms with E-state index in [1.165, 1.54) is 0 Å². The highest BCUT2D eigenvalue weighted by atomic mass is 16.5. The molecule has 0 spiro atoms. The summed E-state index contributed by atoms with van der Waals surface area (Å²) in [5.74, 6) is 1.75. The Morgan fingerprint density at radius 3 is 2.55 bits per heavy atom. The van der Waals surface area contributed by atoms with E-state index in [1.807, 2.05) is 19.2 Å². The first kappa shape index (κ1) is 21.9. The minimum Gasteiger partial charge on any atom is -0.493 e. The predicted octanol–water partition coefficient (Wildman–Crippen LogP) is 2.12. The molecule has 2 aliphatic heterocycles. The second-order valence-electron chi connectivity index (χ2n) is 8.08. The van der Waals surface area contributed by atoms with Crippen molar-refractivity contribution < 1.29 is 9.47 Å². The van der Waals surface area contributed by atoms with Gasteiger partial charge in [-0.2, -0.15) is 0 Å². The molecular formula is C22H37N5O2. The van der Waals surface area contributed by atoms with Crippen LogP contribution in [0.4, 0.5) is 5.69 Å². The van der Waals surface area contributed by atoms with E-state index in [1.54, 1.807) is 7.11 Å². The van der Waals surface area contributed by atoms with Gasteiger partial charge >= 0.3 is 0 Å². The Balaban J connectivity index is 1.60. The van der Waals surface area contributed by atoms with Crippen LogP contribution < -0.4 is 20.1 Å². The molecule has 0 atom stereocenters. The minimum atomic E-state index is 0.295. The van der Waals surface area contributed by atoms with Crippen LogP contribution in [0.3, 0.4) is 0 Å². The fraction of sp³-hybridized carbons (Fsp3) is 0.682. The summed E-state index contributed by atoms with van der Waals surface area (Å²) in [6.07, 6.45) is 3.01. The van der Waals surface area contributed by atoms with Crippen molar-refractivity contribution in [1.82, 2.24) is 15.1 Å². The smallest absolute Gasteiger partial charge is 0.163 e. The Morgan fingerprint density at radius 1 is 1.17 bits per heavy atom. The second-order valence-corrected chi connectivity index (χ2v) is 8.08. The Kier molecular flexibility index (Phi) is 8.15. The highest BCUT2D eigenvalue weighted by Gasteiger charge is 2.23. The number of hydrogen-bond acceptors (Lipinski definition) is 7. The number of ether oxygens (including phenoxy) is 2. The summed E-state index contributed by atoms with van der Waals surface area (Å²) < 4.78 is 11.7. The van der Waals surface area contributed by atoms with Gasteiger partial charge < -0.3 is 35.3 Å². The van der Waals surface area contributed by atoms with Gasteiger partial charge in [0.05, 0.1) is 13.7 Å². The Labute approximate surface area is 175 Å². The van der Waals surface area contributed by atoms with E-state index in [0.717, 1.165) is 82.1 Å². The zero-order valence-electron chi connectivity index (χ0n) is 18.2. The number of benzene rings is 1. The van der Waals surface area contributed by atoms with Crippen LogP contribution in [0.25, 0.3) is 0 Å². The number of rotatable bonds is 9. The number of anilines is 1. The maximum Gasteiger partial charge on any atom is 0.163 e. The first-order valence-corrected chi connectivity index (χ1v) is 10.9. The molecule has 0 aliphatic carbocycles. The van der Waals surface area contributed by atoms with E-state index in [9.17, 15) is 0 Å². The molecule has 162 valence electrons. The van der Waals surface area contributed by atoms with Gasteiger partial charge in [0.1, 0.15) is 0 Å². The number of piperidine rings is 1. The van der Waals surface area contributed by atoms with Crippen LogP contribution in [0.2, 0.25) is 0 Å². The van der Waals surface area contributed by atoms with Crippen LogP contribution in [0.5, 0.6) is 11.5 Å². The molecule has 0 radical (unpaired) electrons. The van der Waals surface area contributed by atoms with Crippen LogP contribution in [-0.4, -0.2) is 89.1 Å². The average molecular weight is 404 g/mol. The van der Waals surface area contributed by atoms with Crippen LogP contribution in [0, 0.1) is 11.3 Å². The van der Waals surface area contributed by atoms with Gasteiger partial charge in [-0.3, -0.25) is 0 Å². The third-order valence-corrected chi connectivity index (χ3v) is 6.08. The van der Waals surface area contributed by atoms with Crippen molar-refractivity contribution in [3.05, 3.63) is 17.7 Å². The van der Waals surface area contributed by atoms with E-state index in [-0.39, 0.29) is 0 Å². The molecule has 7 nitrogen and oxygen atoms in total. The van der Waals surface area contributed by atoms with Crippen LogP contribution >= 0.6 is 0 Å². The number of likely N-dealkylation sites (N-methyl/N-ethyl adjacent to an activating group) is 1. The summed E-state index contributed by atoms with van der Waals surface area (Å²) in [4.78, 5) is 4.88. The van der Waals surface area contributed by atoms with Gasteiger partial charge in [-0.05, 0) is 45.5 Å². The van der Waals surface area contributed by atoms with Crippen LogP contribution in [0.1, 0.15) is 24.8 Å². The molecule has 3 rings (SSSR count). The zero-order chi connectivity index (χ0) is 20.6. The molecule has 0 amide bonds. The zero-order valence-corrected chi connectivity index (χ0v) is 18.2. The molecule has 7 heteroatoms. The van der Waals surface area contributed by atoms with Gasteiger partial charge in [-0.25, -0.2) is 0 Å². The molecule has 0 saturated carbocycles. The third-order valence-electron chi connectivity index (χ3n) is 6.08. The molecule has 0 aromatic heterocycles. The Hall–Kier alpha value is -1.83. The summed E-state index contributed by atoms with van der Waals surface area (Å²) in [5, 5.41) is 15.4. The predicted molar refractivity (Wildman–Crippen MR) is 119 cm³/mol. The third kappa shape index (κ3) is 5.84. The van der Waals surface area contributed by atoms with E-state index < -0.39 is 0 Å². The lowest BCUT2D eigenvalue weighted by Gasteiger charge is -2.32. The topological polar surface area (TPSA) is 72.8 Å². The van der Waals surface area contributed by atoms with Gasteiger partial charge in [0.15, 0.2) is 11.5 Å². The number of nitrogens with one attached hydrogen (secondary N) is 3. The Bertz CT molecular complexity index is 667. The fourth-order valence-electron chi connectivity index (χ4n) is 4.13. The summed E-state index contributed by atoms with van der Waals surface area (Å²) in [5.41, 5.74) is 2.54. The SMILES string of the molecule is CNc1cc(OCCCN2CCN(C)CC2)c(OC)cc1C(=N)C1CCNCC1. The van der Waals surface area contributed by atoms with Crippen LogP contribution in [-0.2, 0) is 0 Å². The van der Waals surface area contributed by atoms with Gasteiger partial charge in [-0.15, -0.1) is 0 Å². The van der Waals surface area contributed by atoms with E-state index in [0.29, 0.717) is 24.0 Å². The lowest BCUT2D eigenvalue weighted by atomic mass is 9.88. The minimum absolute atomic E-state index is 0.295. The van der Waals surface area contributed by atoms with Crippen molar-refractivity contribution in [2.24, 2.45) is 5.92 Å². The average Bonchev–Trinajstić information content (AvgIpc) is 2.77. The van der Waals surface area contributed by atoms with Crippen molar-refractivity contribution >= 4 is 11.4 Å². The first-order valence-electron chi connectivity index (χ1n) is 10.9. The molecule has 0 bridgehead atoms. The maximum absolute atomic E-state index is 8.73. The monoisotopic (exact) mass is 403 g/mol. The highest BCUT2D eigenvalue weighted by Crippen LogP contribution is 2.35. The summed E-state index contributed by atoms with van der Waals surface area (Å²) in [6.45, 7) is 8.25. The molecule has 2 heterocycles. The van der Waals surface area contributed by atoms with Crippen molar-refractivity contribution in [2.75, 3.05) is 78.9 Å². The number of nitrogens with zero attached hydrogens (tertiary/aromatic N) is 2.